The standard InChI is InChI=1S/C21H31N3OS/c1-15-8-9-19(14-16(15)2)23-21(26)22-18-10-12-24(13-11-18)20(25)17-6-4-3-5-7-17/h8-9,14,17-18H,3-7,10-13H2,1-2H3,(H2,22,23,26). The molecule has 0 atom stereocenters. The number of hydrogen-bond donors (Lipinski definition) is 2. The van der Waals surface area contributed by atoms with Crippen molar-refractivity contribution in [2.75, 3.05) is 18.4 Å². The topological polar surface area (TPSA) is 44.4 Å². The summed E-state index contributed by atoms with van der Waals surface area (Å²) >= 11 is 5.47. The minimum Gasteiger partial charge on any atom is -0.360 e. The molecular formula is C21H31N3OS. The highest BCUT2D eigenvalue weighted by molar-refractivity contribution is 7.80. The molecule has 4 nitrogen and oxygen atoms in total. The lowest BCUT2D eigenvalue weighted by molar-refractivity contribution is -0.137. The molecule has 1 amide bonds. The van der Waals surface area contributed by atoms with Gasteiger partial charge in [-0.25, -0.2) is 0 Å². The van der Waals surface area contributed by atoms with E-state index in [9.17, 15) is 4.79 Å². The first-order valence-corrected chi connectivity index (χ1v) is 10.4. The summed E-state index contributed by atoms with van der Waals surface area (Å²) in [6.07, 6.45) is 7.82. The van der Waals surface area contributed by atoms with Crippen LogP contribution < -0.4 is 10.6 Å². The zero-order valence-corrected chi connectivity index (χ0v) is 16.8. The summed E-state index contributed by atoms with van der Waals surface area (Å²) in [7, 11) is 0. The molecule has 1 aliphatic heterocycles. The maximum Gasteiger partial charge on any atom is 0.225 e. The first kappa shape index (κ1) is 19.2. The molecule has 3 rings (SSSR count). The third kappa shape index (κ3) is 4.97. The summed E-state index contributed by atoms with van der Waals surface area (Å²) in [6, 6.07) is 6.63. The van der Waals surface area contributed by atoms with Gasteiger partial charge in [-0.15, -0.1) is 0 Å². The number of anilines is 1. The monoisotopic (exact) mass is 373 g/mol. The molecule has 0 radical (unpaired) electrons. The summed E-state index contributed by atoms with van der Waals surface area (Å²) in [5.41, 5.74) is 3.56. The van der Waals surface area contributed by atoms with E-state index in [4.69, 9.17) is 12.2 Å². The second-order valence-corrected chi connectivity index (χ2v) is 8.24. The van der Waals surface area contributed by atoms with Crippen molar-refractivity contribution in [1.29, 1.82) is 0 Å². The Balaban J connectivity index is 1.43. The Morgan fingerprint density at radius 2 is 1.73 bits per heavy atom. The number of hydrogen-bond acceptors (Lipinski definition) is 2. The van der Waals surface area contributed by atoms with E-state index in [0.29, 0.717) is 17.1 Å². The molecule has 142 valence electrons. The van der Waals surface area contributed by atoms with E-state index in [0.717, 1.165) is 44.5 Å². The number of thiocarbonyl (C=S) groups is 1. The van der Waals surface area contributed by atoms with Crippen LogP contribution in [0, 0.1) is 19.8 Å². The number of amides is 1. The summed E-state index contributed by atoms with van der Waals surface area (Å²) in [5, 5.41) is 7.38. The van der Waals surface area contributed by atoms with Crippen LogP contribution in [-0.2, 0) is 4.79 Å². The van der Waals surface area contributed by atoms with E-state index >= 15 is 0 Å². The van der Waals surface area contributed by atoms with Crippen molar-refractivity contribution in [3.8, 4) is 0 Å². The molecule has 26 heavy (non-hydrogen) atoms. The predicted molar refractivity (Wildman–Crippen MR) is 111 cm³/mol. The van der Waals surface area contributed by atoms with Crippen LogP contribution in [-0.4, -0.2) is 35.1 Å². The molecule has 0 aromatic heterocycles. The highest BCUT2D eigenvalue weighted by Crippen LogP contribution is 2.26. The molecule has 1 aromatic carbocycles. The van der Waals surface area contributed by atoms with Gasteiger partial charge in [0.25, 0.3) is 0 Å². The van der Waals surface area contributed by atoms with Gasteiger partial charge in [0.15, 0.2) is 5.11 Å². The van der Waals surface area contributed by atoms with Gasteiger partial charge in [0.1, 0.15) is 0 Å². The number of carbonyl (C=O) groups is 1. The van der Waals surface area contributed by atoms with Crippen molar-refractivity contribution in [2.45, 2.75) is 64.8 Å². The molecule has 2 fully saturated rings. The Kier molecular flexibility index (Phi) is 6.52. The molecule has 0 spiro atoms. The Hall–Kier alpha value is -1.62. The van der Waals surface area contributed by atoms with Gasteiger partial charge in [-0.1, -0.05) is 25.3 Å². The number of carbonyl (C=O) groups excluding carboxylic acids is 1. The fourth-order valence-corrected chi connectivity index (χ4v) is 4.31. The normalized spacial score (nSPS) is 19.2. The van der Waals surface area contributed by atoms with Crippen molar-refractivity contribution in [1.82, 2.24) is 10.2 Å². The molecule has 0 bridgehead atoms. The van der Waals surface area contributed by atoms with Gasteiger partial charge in [-0.3, -0.25) is 4.79 Å². The lowest BCUT2D eigenvalue weighted by Crippen LogP contribution is -2.49. The number of nitrogens with zero attached hydrogens (tertiary/aromatic N) is 1. The minimum atomic E-state index is 0.278. The fraction of sp³-hybridized carbons (Fsp3) is 0.619. The summed E-state index contributed by atoms with van der Waals surface area (Å²) < 4.78 is 0. The largest absolute Gasteiger partial charge is 0.360 e. The first-order chi connectivity index (χ1) is 12.5. The van der Waals surface area contributed by atoms with Crippen molar-refractivity contribution >= 4 is 28.9 Å². The smallest absolute Gasteiger partial charge is 0.225 e. The molecular weight excluding hydrogens is 342 g/mol. The van der Waals surface area contributed by atoms with Gasteiger partial charge >= 0.3 is 0 Å². The fourth-order valence-electron chi connectivity index (χ4n) is 4.02. The van der Waals surface area contributed by atoms with Crippen molar-refractivity contribution in [2.24, 2.45) is 5.92 Å². The van der Waals surface area contributed by atoms with Gasteiger partial charge in [0, 0.05) is 30.7 Å². The van der Waals surface area contributed by atoms with Crippen LogP contribution in [0.2, 0.25) is 0 Å². The molecule has 1 aliphatic carbocycles. The molecule has 5 heteroatoms. The Labute approximate surface area is 162 Å². The van der Waals surface area contributed by atoms with Crippen LogP contribution in [0.1, 0.15) is 56.1 Å². The van der Waals surface area contributed by atoms with Crippen LogP contribution in [0.4, 0.5) is 5.69 Å². The Morgan fingerprint density at radius 1 is 1.04 bits per heavy atom. The third-order valence-corrected chi connectivity index (χ3v) is 6.08. The Bertz CT molecular complexity index is 647. The average Bonchev–Trinajstić information content (AvgIpc) is 2.65. The van der Waals surface area contributed by atoms with Gasteiger partial charge in [-0.2, -0.15) is 0 Å². The lowest BCUT2D eigenvalue weighted by Gasteiger charge is -2.35. The van der Waals surface area contributed by atoms with Crippen molar-refractivity contribution < 1.29 is 4.79 Å². The molecule has 1 saturated carbocycles. The molecule has 2 N–H and O–H groups in total. The quantitative estimate of drug-likeness (QED) is 0.781. The zero-order valence-electron chi connectivity index (χ0n) is 16.0. The van der Waals surface area contributed by atoms with Crippen molar-refractivity contribution in [3.63, 3.8) is 0 Å². The van der Waals surface area contributed by atoms with E-state index in [1.807, 2.05) is 0 Å². The highest BCUT2D eigenvalue weighted by atomic mass is 32.1. The number of likely N-dealkylation sites (tertiary alicyclic amines) is 1. The predicted octanol–water partition coefficient (Wildman–Crippen LogP) is 4.16. The van der Waals surface area contributed by atoms with Gasteiger partial charge < -0.3 is 15.5 Å². The van der Waals surface area contributed by atoms with E-state index in [1.54, 1.807) is 0 Å². The SMILES string of the molecule is Cc1ccc(NC(=S)NC2CCN(C(=O)C3CCCCC3)CC2)cc1C. The van der Waals surface area contributed by atoms with Crippen LogP contribution in [0.3, 0.4) is 0 Å². The van der Waals surface area contributed by atoms with E-state index in [-0.39, 0.29) is 5.92 Å². The molecule has 1 saturated heterocycles. The molecule has 0 unspecified atom stereocenters. The summed E-state index contributed by atoms with van der Waals surface area (Å²) in [4.78, 5) is 14.7. The van der Waals surface area contributed by atoms with Crippen LogP contribution >= 0.6 is 12.2 Å². The maximum absolute atomic E-state index is 12.6. The maximum atomic E-state index is 12.6. The second kappa shape index (κ2) is 8.85. The minimum absolute atomic E-state index is 0.278. The first-order valence-electron chi connectivity index (χ1n) is 9.96. The number of piperidine rings is 1. The number of rotatable bonds is 3. The third-order valence-electron chi connectivity index (χ3n) is 5.86. The molecule has 1 heterocycles. The number of benzene rings is 1. The zero-order chi connectivity index (χ0) is 18.5. The number of aryl methyl sites for hydroxylation is 2. The van der Waals surface area contributed by atoms with Crippen LogP contribution in [0.15, 0.2) is 18.2 Å². The summed E-state index contributed by atoms with van der Waals surface area (Å²) in [5.74, 6) is 0.666. The molecule has 1 aromatic rings. The van der Waals surface area contributed by atoms with Gasteiger partial charge in [-0.05, 0) is 75.0 Å². The van der Waals surface area contributed by atoms with E-state index < -0.39 is 0 Å². The Morgan fingerprint density at radius 3 is 2.38 bits per heavy atom. The highest BCUT2D eigenvalue weighted by Gasteiger charge is 2.29. The van der Waals surface area contributed by atoms with E-state index in [1.165, 1.54) is 30.4 Å². The lowest BCUT2D eigenvalue weighted by atomic mass is 9.87. The average molecular weight is 374 g/mol. The van der Waals surface area contributed by atoms with Crippen molar-refractivity contribution in [3.05, 3.63) is 29.3 Å². The van der Waals surface area contributed by atoms with E-state index in [2.05, 4.69) is 47.6 Å². The van der Waals surface area contributed by atoms with Gasteiger partial charge in [0.05, 0.1) is 0 Å². The molecule has 2 aliphatic rings. The number of nitrogens with one attached hydrogen (secondary N) is 2. The van der Waals surface area contributed by atoms with Gasteiger partial charge in [0.2, 0.25) is 5.91 Å². The second-order valence-electron chi connectivity index (χ2n) is 7.83. The summed E-state index contributed by atoms with van der Waals surface area (Å²) in [6.45, 7) is 5.91. The van der Waals surface area contributed by atoms with Crippen LogP contribution in [0.25, 0.3) is 0 Å². The van der Waals surface area contributed by atoms with Crippen LogP contribution in [0.5, 0.6) is 0 Å².